The van der Waals surface area contributed by atoms with Crippen molar-refractivity contribution in [3.8, 4) is 11.5 Å². The summed E-state index contributed by atoms with van der Waals surface area (Å²) in [6, 6.07) is 7.43. The minimum atomic E-state index is -0.782. The Morgan fingerprint density at radius 3 is 2.40 bits per heavy atom. The Hall–Kier alpha value is -1.75. The zero-order valence-electron chi connectivity index (χ0n) is 12.7. The summed E-state index contributed by atoms with van der Waals surface area (Å²) in [4.78, 5) is 11.8. The van der Waals surface area contributed by atoms with E-state index in [2.05, 4.69) is 5.32 Å². The molecule has 2 unspecified atom stereocenters. The molecular formula is C15H23NO4. The van der Waals surface area contributed by atoms with Gasteiger partial charge in [-0.1, -0.05) is 12.1 Å². The number of esters is 1. The van der Waals surface area contributed by atoms with E-state index < -0.39 is 5.54 Å². The quantitative estimate of drug-likeness (QED) is 0.775. The number of carbonyl (C=O) groups is 1. The van der Waals surface area contributed by atoms with Gasteiger partial charge in [-0.3, -0.25) is 4.79 Å². The zero-order valence-corrected chi connectivity index (χ0v) is 12.7. The van der Waals surface area contributed by atoms with Crippen molar-refractivity contribution >= 4 is 5.97 Å². The first-order valence-corrected chi connectivity index (χ1v) is 6.54. The standard InChI is InChI=1S/C15H23NO4/c1-11(10-15(2,16-3)14(17)19-5)20-13-9-7-6-8-12(13)18-4/h6-9,11,16H,10H2,1-5H3. The monoisotopic (exact) mass is 281 g/mol. The van der Waals surface area contributed by atoms with Crippen LogP contribution in [0.2, 0.25) is 0 Å². The third-order valence-electron chi connectivity index (χ3n) is 3.28. The van der Waals surface area contributed by atoms with E-state index in [1.54, 1.807) is 21.1 Å². The molecule has 20 heavy (non-hydrogen) atoms. The van der Waals surface area contributed by atoms with Crippen LogP contribution in [0.15, 0.2) is 24.3 Å². The van der Waals surface area contributed by atoms with E-state index in [9.17, 15) is 4.79 Å². The molecule has 0 saturated heterocycles. The van der Waals surface area contributed by atoms with Gasteiger partial charge in [0.25, 0.3) is 0 Å². The Morgan fingerprint density at radius 2 is 1.90 bits per heavy atom. The Kier molecular flexibility index (Phi) is 5.82. The Balaban J connectivity index is 2.76. The van der Waals surface area contributed by atoms with Gasteiger partial charge < -0.3 is 19.5 Å². The summed E-state index contributed by atoms with van der Waals surface area (Å²) in [5.74, 6) is 1.02. The maximum atomic E-state index is 11.8. The van der Waals surface area contributed by atoms with Crippen molar-refractivity contribution in [1.29, 1.82) is 0 Å². The number of nitrogens with one attached hydrogen (secondary N) is 1. The number of benzene rings is 1. The first-order valence-electron chi connectivity index (χ1n) is 6.54. The van der Waals surface area contributed by atoms with Crippen molar-refractivity contribution < 1.29 is 19.0 Å². The van der Waals surface area contributed by atoms with Crippen molar-refractivity contribution in [1.82, 2.24) is 5.32 Å². The number of carbonyl (C=O) groups excluding carboxylic acids is 1. The smallest absolute Gasteiger partial charge is 0.325 e. The van der Waals surface area contributed by atoms with Gasteiger partial charge in [-0.15, -0.1) is 0 Å². The molecule has 5 nitrogen and oxygen atoms in total. The van der Waals surface area contributed by atoms with Crippen molar-refractivity contribution in [2.75, 3.05) is 21.3 Å². The lowest BCUT2D eigenvalue weighted by molar-refractivity contribution is -0.148. The average Bonchev–Trinajstić information content (AvgIpc) is 2.46. The molecule has 5 heteroatoms. The summed E-state index contributed by atoms with van der Waals surface area (Å²) in [5, 5.41) is 2.99. The Morgan fingerprint density at radius 1 is 1.30 bits per heavy atom. The van der Waals surface area contributed by atoms with Crippen LogP contribution >= 0.6 is 0 Å². The second kappa shape index (κ2) is 7.14. The van der Waals surface area contributed by atoms with E-state index in [0.717, 1.165) is 0 Å². The molecular weight excluding hydrogens is 258 g/mol. The highest BCUT2D eigenvalue weighted by Crippen LogP contribution is 2.28. The van der Waals surface area contributed by atoms with E-state index >= 15 is 0 Å². The summed E-state index contributed by atoms with van der Waals surface area (Å²) in [6.07, 6.45) is 0.302. The molecule has 0 bridgehead atoms. The molecule has 1 rings (SSSR count). The molecule has 0 aliphatic heterocycles. The van der Waals surface area contributed by atoms with Gasteiger partial charge in [-0.2, -0.15) is 0 Å². The fraction of sp³-hybridized carbons (Fsp3) is 0.533. The molecule has 0 saturated carbocycles. The molecule has 0 aliphatic carbocycles. The molecule has 1 aromatic carbocycles. The van der Waals surface area contributed by atoms with Crippen LogP contribution in [0.5, 0.6) is 11.5 Å². The Labute approximate surface area is 120 Å². The normalized spacial score (nSPS) is 15.1. The summed E-state index contributed by atoms with van der Waals surface area (Å²) < 4.78 is 15.9. The van der Waals surface area contributed by atoms with Crippen molar-refractivity contribution in [2.45, 2.75) is 31.9 Å². The van der Waals surface area contributed by atoms with Crippen LogP contribution < -0.4 is 14.8 Å². The molecule has 0 aromatic heterocycles. The minimum absolute atomic E-state index is 0.178. The fourth-order valence-corrected chi connectivity index (χ4v) is 2.06. The van der Waals surface area contributed by atoms with E-state index in [0.29, 0.717) is 17.9 Å². The lowest BCUT2D eigenvalue weighted by atomic mass is 9.95. The highest BCUT2D eigenvalue weighted by Gasteiger charge is 2.35. The number of ether oxygens (including phenoxy) is 3. The third kappa shape index (κ3) is 3.87. The second-order valence-corrected chi connectivity index (χ2v) is 4.86. The summed E-state index contributed by atoms with van der Waals surface area (Å²) in [5.41, 5.74) is -0.782. The molecule has 112 valence electrons. The lowest BCUT2D eigenvalue weighted by Gasteiger charge is -2.29. The van der Waals surface area contributed by atoms with Crippen LogP contribution in [0.1, 0.15) is 20.3 Å². The first-order chi connectivity index (χ1) is 9.46. The number of hydrogen-bond acceptors (Lipinski definition) is 5. The highest BCUT2D eigenvalue weighted by atomic mass is 16.5. The second-order valence-electron chi connectivity index (χ2n) is 4.86. The van der Waals surface area contributed by atoms with Crippen molar-refractivity contribution in [3.63, 3.8) is 0 Å². The summed E-state index contributed by atoms with van der Waals surface area (Å²) in [6.45, 7) is 3.70. The zero-order chi connectivity index (χ0) is 15.2. The SMILES string of the molecule is CNC(C)(CC(C)Oc1ccccc1OC)C(=O)OC. The van der Waals surface area contributed by atoms with Gasteiger partial charge in [0.05, 0.1) is 20.3 Å². The molecule has 0 radical (unpaired) electrons. The van der Waals surface area contributed by atoms with Crippen LogP contribution in [-0.2, 0) is 9.53 Å². The molecule has 0 aliphatic rings. The number of likely N-dealkylation sites (N-methyl/N-ethyl adjacent to an activating group) is 1. The number of hydrogen-bond donors (Lipinski definition) is 1. The lowest BCUT2D eigenvalue weighted by Crippen LogP contribution is -2.50. The van der Waals surface area contributed by atoms with Crippen LogP contribution in [0.25, 0.3) is 0 Å². The molecule has 0 amide bonds. The summed E-state index contributed by atoms with van der Waals surface area (Å²) in [7, 11) is 4.70. The van der Waals surface area contributed by atoms with Gasteiger partial charge in [0.15, 0.2) is 11.5 Å². The van der Waals surface area contributed by atoms with Gasteiger partial charge in [-0.05, 0) is 33.0 Å². The molecule has 0 fully saturated rings. The maximum Gasteiger partial charge on any atom is 0.325 e. The van der Waals surface area contributed by atoms with Crippen LogP contribution in [0, 0.1) is 0 Å². The number of para-hydroxylation sites is 2. The van der Waals surface area contributed by atoms with E-state index in [1.807, 2.05) is 31.2 Å². The van der Waals surface area contributed by atoms with Crippen molar-refractivity contribution in [2.24, 2.45) is 0 Å². The van der Waals surface area contributed by atoms with Crippen molar-refractivity contribution in [3.05, 3.63) is 24.3 Å². The predicted octanol–water partition coefficient (Wildman–Crippen LogP) is 2.00. The van der Waals surface area contributed by atoms with Crippen LogP contribution in [0.3, 0.4) is 0 Å². The largest absolute Gasteiger partial charge is 0.493 e. The van der Waals surface area contributed by atoms with Gasteiger partial charge in [-0.25, -0.2) is 0 Å². The predicted molar refractivity (Wildman–Crippen MR) is 77.2 cm³/mol. The first kappa shape index (κ1) is 16.3. The van der Waals surface area contributed by atoms with E-state index in [1.165, 1.54) is 7.11 Å². The van der Waals surface area contributed by atoms with E-state index in [4.69, 9.17) is 14.2 Å². The average molecular weight is 281 g/mol. The molecule has 0 spiro atoms. The third-order valence-corrected chi connectivity index (χ3v) is 3.28. The molecule has 1 aromatic rings. The Bertz CT molecular complexity index is 449. The van der Waals surface area contributed by atoms with Crippen LogP contribution in [-0.4, -0.2) is 38.9 Å². The van der Waals surface area contributed by atoms with Gasteiger partial charge in [0.1, 0.15) is 5.54 Å². The maximum absolute atomic E-state index is 11.8. The van der Waals surface area contributed by atoms with Gasteiger partial charge in [0, 0.05) is 6.42 Å². The fourth-order valence-electron chi connectivity index (χ4n) is 2.06. The van der Waals surface area contributed by atoms with Gasteiger partial charge >= 0.3 is 5.97 Å². The highest BCUT2D eigenvalue weighted by molar-refractivity contribution is 5.80. The molecule has 1 N–H and O–H groups in total. The molecule has 2 atom stereocenters. The number of rotatable bonds is 7. The molecule has 0 heterocycles. The van der Waals surface area contributed by atoms with Crippen LogP contribution in [0.4, 0.5) is 0 Å². The minimum Gasteiger partial charge on any atom is -0.493 e. The number of methoxy groups -OCH3 is 2. The van der Waals surface area contributed by atoms with Gasteiger partial charge in [0.2, 0.25) is 0 Å². The topological polar surface area (TPSA) is 56.8 Å². The summed E-state index contributed by atoms with van der Waals surface area (Å²) >= 11 is 0. The van der Waals surface area contributed by atoms with E-state index in [-0.39, 0.29) is 12.1 Å².